The third-order valence-corrected chi connectivity index (χ3v) is 4.41. The molecule has 0 amide bonds. The van der Waals surface area contributed by atoms with E-state index >= 15 is 0 Å². The Hall–Kier alpha value is -3.72. The van der Waals surface area contributed by atoms with E-state index in [0.717, 1.165) is 5.56 Å². The number of benzene rings is 2. The first-order chi connectivity index (χ1) is 12.6. The molecule has 0 spiro atoms. The van der Waals surface area contributed by atoms with Crippen LogP contribution in [0.5, 0.6) is 11.5 Å². The number of nitriles is 1. The molecule has 0 bridgehead atoms. The Morgan fingerprint density at radius 1 is 1.19 bits per heavy atom. The highest BCUT2D eigenvalue weighted by atomic mass is 16.5. The van der Waals surface area contributed by atoms with Crippen LogP contribution in [0, 0.1) is 11.3 Å². The lowest BCUT2D eigenvalue weighted by Crippen LogP contribution is -2.26. The zero-order chi connectivity index (χ0) is 18.3. The third kappa shape index (κ3) is 2.30. The molecule has 0 radical (unpaired) electrons. The average Bonchev–Trinajstić information content (AvgIpc) is 2.67. The van der Waals surface area contributed by atoms with Crippen LogP contribution >= 0.6 is 0 Å². The summed E-state index contributed by atoms with van der Waals surface area (Å²) < 4.78 is 16.4. The summed E-state index contributed by atoms with van der Waals surface area (Å²) in [7, 11) is 1.54. The van der Waals surface area contributed by atoms with E-state index in [0.29, 0.717) is 22.5 Å². The Labute approximate surface area is 148 Å². The topological polar surface area (TPSA) is 98.5 Å². The van der Waals surface area contributed by atoms with Crippen molar-refractivity contribution in [3.05, 3.63) is 81.5 Å². The van der Waals surface area contributed by atoms with Crippen molar-refractivity contribution in [2.45, 2.75) is 5.92 Å². The summed E-state index contributed by atoms with van der Waals surface area (Å²) in [4.78, 5) is 12.7. The Balaban J connectivity index is 2.09. The number of nitrogens with zero attached hydrogens (tertiary/aromatic N) is 1. The molecule has 6 nitrogen and oxygen atoms in total. The van der Waals surface area contributed by atoms with Gasteiger partial charge in [-0.3, -0.25) is 0 Å². The van der Waals surface area contributed by atoms with E-state index in [1.807, 2.05) is 30.3 Å². The van der Waals surface area contributed by atoms with Crippen LogP contribution in [0.25, 0.3) is 11.0 Å². The number of fused-ring (bicyclic) bond motifs is 3. The standard InChI is InChI=1S/C20H14N2O4/c1-24-12-7-8-15-13(9-12)18-17(20(23)25-15)16(11-5-3-2-4-6-11)14(10-21)19(22)26-18/h2-9,16H,22H2,1H3/t16-/m1/s1. The van der Waals surface area contributed by atoms with E-state index in [4.69, 9.17) is 19.6 Å². The van der Waals surface area contributed by atoms with Crippen LogP contribution < -0.4 is 20.8 Å². The summed E-state index contributed by atoms with van der Waals surface area (Å²) in [6, 6.07) is 16.3. The molecule has 0 fully saturated rings. The predicted molar refractivity (Wildman–Crippen MR) is 94.8 cm³/mol. The van der Waals surface area contributed by atoms with Gasteiger partial charge in [-0.05, 0) is 23.8 Å². The normalized spacial score (nSPS) is 15.9. The molecular weight excluding hydrogens is 332 g/mol. The largest absolute Gasteiger partial charge is 0.497 e. The first kappa shape index (κ1) is 15.8. The maximum Gasteiger partial charge on any atom is 0.344 e. The number of ether oxygens (including phenoxy) is 2. The van der Waals surface area contributed by atoms with Gasteiger partial charge in [-0.25, -0.2) is 4.79 Å². The molecule has 128 valence electrons. The lowest BCUT2D eigenvalue weighted by atomic mass is 9.84. The fourth-order valence-corrected chi connectivity index (χ4v) is 3.20. The van der Waals surface area contributed by atoms with Gasteiger partial charge in [0.2, 0.25) is 5.88 Å². The third-order valence-electron chi connectivity index (χ3n) is 4.41. The Morgan fingerprint density at radius 3 is 2.65 bits per heavy atom. The van der Waals surface area contributed by atoms with Crippen molar-refractivity contribution in [1.82, 2.24) is 0 Å². The van der Waals surface area contributed by atoms with Gasteiger partial charge >= 0.3 is 5.63 Å². The maximum atomic E-state index is 12.7. The van der Waals surface area contributed by atoms with Crippen molar-refractivity contribution < 1.29 is 13.9 Å². The molecule has 4 rings (SSSR count). The molecule has 26 heavy (non-hydrogen) atoms. The minimum absolute atomic E-state index is 0.0245. The summed E-state index contributed by atoms with van der Waals surface area (Å²) in [6.45, 7) is 0. The van der Waals surface area contributed by atoms with E-state index in [9.17, 15) is 10.1 Å². The number of nitrogens with two attached hydrogens (primary N) is 1. The van der Waals surface area contributed by atoms with Crippen LogP contribution in [-0.2, 0) is 0 Å². The van der Waals surface area contributed by atoms with Crippen molar-refractivity contribution in [2.75, 3.05) is 7.11 Å². The van der Waals surface area contributed by atoms with Crippen LogP contribution in [0.2, 0.25) is 0 Å². The Bertz CT molecular complexity index is 1140. The SMILES string of the molecule is COc1ccc2oc(=O)c3c(c2c1)OC(N)=C(C#N)[C@H]3c1ccccc1. The second-order valence-electron chi connectivity index (χ2n) is 5.83. The zero-order valence-electron chi connectivity index (χ0n) is 13.9. The van der Waals surface area contributed by atoms with Gasteiger partial charge in [0.15, 0.2) is 5.75 Å². The fraction of sp³-hybridized carbons (Fsp3) is 0.100. The number of methoxy groups -OCH3 is 1. The second kappa shape index (κ2) is 5.97. The minimum atomic E-state index is -0.656. The van der Waals surface area contributed by atoms with Crippen LogP contribution in [0.1, 0.15) is 17.0 Å². The molecule has 6 heteroatoms. The number of hydrogen-bond acceptors (Lipinski definition) is 6. The van der Waals surface area contributed by atoms with Gasteiger partial charge in [-0.2, -0.15) is 5.26 Å². The van der Waals surface area contributed by atoms with Crippen LogP contribution in [0.3, 0.4) is 0 Å². The molecule has 2 N–H and O–H groups in total. The van der Waals surface area contributed by atoms with Gasteiger partial charge in [0.05, 0.1) is 24.0 Å². The highest BCUT2D eigenvalue weighted by Crippen LogP contribution is 2.43. The highest BCUT2D eigenvalue weighted by molar-refractivity contribution is 5.87. The predicted octanol–water partition coefficient (Wildman–Crippen LogP) is 3.02. The summed E-state index contributed by atoms with van der Waals surface area (Å²) in [5.74, 6) is 0.197. The van der Waals surface area contributed by atoms with Crippen molar-refractivity contribution >= 4 is 11.0 Å². The summed E-state index contributed by atoms with van der Waals surface area (Å²) in [5, 5.41) is 10.1. The quantitative estimate of drug-likeness (QED) is 0.716. The van der Waals surface area contributed by atoms with Crippen molar-refractivity contribution in [2.24, 2.45) is 5.73 Å². The molecule has 0 aliphatic carbocycles. The molecule has 0 unspecified atom stereocenters. The van der Waals surface area contributed by atoms with Crippen molar-refractivity contribution in [3.8, 4) is 17.6 Å². The molecule has 0 saturated heterocycles. The molecule has 1 aliphatic rings. The van der Waals surface area contributed by atoms with Gasteiger partial charge in [-0.15, -0.1) is 0 Å². The van der Waals surface area contributed by atoms with E-state index < -0.39 is 11.5 Å². The first-order valence-electron chi connectivity index (χ1n) is 7.91. The molecule has 2 aromatic carbocycles. The smallest absolute Gasteiger partial charge is 0.344 e. The zero-order valence-corrected chi connectivity index (χ0v) is 13.9. The number of rotatable bonds is 2. The number of hydrogen-bond donors (Lipinski definition) is 1. The molecule has 3 aromatic rings. The monoisotopic (exact) mass is 346 g/mol. The van der Waals surface area contributed by atoms with Crippen LogP contribution in [-0.4, -0.2) is 7.11 Å². The van der Waals surface area contributed by atoms with Gasteiger partial charge in [0.1, 0.15) is 23.0 Å². The summed E-state index contributed by atoms with van der Waals surface area (Å²) in [6.07, 6.45) is 0. The van der Waals surface area contributed by atoms with Gasteiger partial charge in [0, 0.05) is 0 Å². The number of allylic oxidation sites excluding steroid dienone is 1. The van der Waals surface area contributed by atoms with Crippen molar-refractivity contribution in [3.63, 3.8) is 0 Å². The van der Waals surface area contributed by atoms with E-state index in [2.05, 4.69) is 6.07 Å². The fourth-order valence-electron chi connectivity index (χ4n) is 3.20. The molecule has 0 saturated carbocycles. The second-order valence-corrected chi connectivity index (χ2v) is 5.83. The van der Waals surface area contributed by atoms with Gasteiger partial charge < -0.3 is 19.6 Å². The molecule has 2 heterocycles. The van der Waals surface area contributed by atoms with Crippen molar-refractivity contribution in [1.29, 1.82) is 5.26 Å². The van der Waals surface area contributed by atoms with Crippen LogP contribution in [0.4, 0.5) is 0 Å². The lowest BCUT2D eigenvalue weighted by molar-refractivity contribution is 0.386. The molecule has 1 aromatic heterocycles. The summed E-state index contributed by atoms with van der Waals surface area (Å²) >= 11 is 0. The molecule has 1 atom stereocenters. The minimum Gasteiger partial charge on any atom is -0.497 e. The maximum absolute atomic E-state index is 12.7. The van der Waals surface area contributed by atoms with Gasteiger partial charge in [0.25, 0.3) is 0 Å². The molecule has 1 aliphatic heterocycles. The Morgan fingerprint density at radius 2 is 1.96 bits per heavy atom. The van der Waals surface area contributed by atoms with E-state index in [1.165, 1.54) is 0 Å². The lowest BCUT2D eigenvalue weighted by Gasteiger charge is -2.26. The van der Waals surface area contributed by atoms with Gasteiger partial charge in [-0.1, -0.05) is 30.3 Å². The van der Waals surface area contributed by atoms with E-state index in [1.54, 1.807) is 25.3 Å². The Kier molecular flexibility index (Phi) is 3.63. The molecular formula is C20H14N2O4. The van der Waals surface area contributed by atoms with E-state index in [-0.39, 0.29) is 17.0 Å². The van der Waals surface area contributed by atoms with Crippen LogP contribution in [0.15, 0.2) is 69.2 Å². The highest BCUT2D eigenvalue weighted by Gasteiger charge is 2.35. The first-order valence-corrected chi connectivity index (χ1v) is 7.91. The summed E-state index contributed by atoms with van der Waals surface area (Å²) in [5.41, 5.74) is 6.99. The average molecular weight is 346 g/mol.